The van der Waals surface area contributed by atoms with Gasteiger partial charge in [-0.1, -0.05) is 39.8 Å². The maximum atomic E-state index is 9.14. The summed E-state index contributed by atoms with van der Waals surface area (Å²) in [6, 6.07) is 8.83. The highest BCUT2D eigenvalue weighted by atomic mass is 16.3. The maximum absolute atomic E-state index is 9.14. The van der Waals surface area contributed by atoms with Crippen molar-refractivity contribution in [3.63, 3.8) is 0 Å². The van der Waals surface area contributed by atoms with Gasteiger partial charge in [0, 0.05) is 44.5 Å². The Kier molecular flexibility index (Phi) is 5.38. The second kappa shape index (κ2) is 7.69. The van der Waals surface area contributed by atoms with Crippen LogP contribution < -0.4 is 4.90 Å². The number of aliphatic hydroxyl groups excluding tert-OH is 1. The summed E-state index contributed by atoms with van der Waals surface area (Å²) in [7, 11) is 0. The van der Waals surface area contributed by atoms with E-state index in [4.69, 9.17) is 10.1 Å². The molecular formula is C24H34N4O. The molecule has 1 N–H and O–H groups in total. The molecule has 1 aromatic heterocycles. The average molecular weight is 395 g/mol. The molecule has 156 valence electrons. The van der Waals surface area contributed by atoms with Crippen LogP contribution in [0.2, 0.25) is 0 Å². The van der Waals surface area contributed by atoms with Gasteiger partial charge in [0.25, 0.3) is 0 Å². The van der Waals surface area contributed by atoms with Gasteiger partial charge in [-0.2, -0.15) is 0 Å². The van der Waals surface area contributed by atoms with Crippen LogP contribution in [0.25, 0.3) is 11.4 Å². The molecule has 5 heteroatoms. The number of hydrogen-bond acceptors (Lipinski definition) is 5. The van der Waals surface area contributed by atoms with Gasteiger partial charge in [-0.15, -0.1) is 0 Å². The third kappa shape index (κ3) is 4.03. The lowest BCUT2D eigenvalue weighted by Gasteiger charge is -2.42. The first-order chi connectivity index (χ1) is 13.8. The Labute approximate surface area is 174 Å². The van der Waals surface area contributed by atoms with Crippen LogP contribution in [-0.4, -0.2) is 59.3 Å². The molecule has 1 aromatic carbocycles. The van der Waals surface area contributed by atoms with Crippen LogP contribution in [-0.2, 0) is 10.8 Å². The van der Waals surface area contributed by atoms with E-state index in [0.717, 1.165) is 49.9 Å². The molecule has 4 rings (SSSR count). The van der Waals surface area contributed by atoms with Gasteiger partial charge in [-0.05, 0) is 46.9 Å². The summed E-state index contributed by atoms with van der Waals surface area (Å²) in [6.07, 6.45) is 4.31. The second-order valence-electron chi connectivity index (χ2n) is 9.82. The Balaban J connectivity index is 1.61. The van der Waals surface area contributed by atoms with Crippen molar-refractivity contribution in [1.29, 1.82) is 0 Å². The zero-order chi connectivity index (χ0) is 20.6. The molecule has 0 bridgehead atoms. The molecule has 2 aromatic rings. The lowest BCUT2D eigenvalue weighted by Crippen LogP contribution is -2.47. The van der Waals surface area contributed by atoms with Crippen molar-refractivity contribution in [2.24, 2.45) is 0 Å². The maximum Gasteiger partial charge on any atom is 0.161 e. The molecule has 5 nitrogen and oxygen atoms in total. The molecule has 2 heterocycles. The average Bonchev–Trinajstić information content (AvgIpc) is 2.72. The van der Waals surface area contributed by atoms with E-state index in [2.05, 4.69) is 60.7 Å². The minimum absolute atomic E-state index is 0.182. The number of β-amino-alcohol motifs (C(OH)–C–C–N with tert-alkyl or cyclic N) is 1. The van der Waals surface area contributed by atoms with Gasteiger partial charge >= 0.3 is 0 Å². The highest BCUT2D eigenvalue weighted by Crippen LogP contribution is 2.46. The van der Waals surface area contributed by atoms with Gasteiger partial charge in [-0.25, -0.2) is 9.97 Å². The molecule has 1 aliphatic carbocycles. The number of piperazine rings is 1. The Morgan fingerprint density at radius 3 is 2.31 bits per heavy atom. The Hall–Kier alpha value is -1.98. The first-order valence-corrected chi connectivity index (χ1v) is 10.9. The van der Waals surface area contributed by atoms with Gasteiger partial charge in [0.05, 0.1) is 6.61 Å². The van der Waals surface area contributed by atoms with E-state index in [1.54, 1.807) is 0 Å². The number of fused-ring (bicyclic) bond motifs is 1. The lowest BCUT2D eigenvalue weighted by atomic mass is 9.63. The predicted octanol–water partition coefficient (Wildman–Crippen LogP) is 3.61. The molecule has 1 fully saturated rings. The highest BCUT2D eigenvalue weighted by molar-refractivity contribution is 5.61. The molecule has 1 saturated heterocycles. The molecule has 0 spiro atoms. The highest BCUT2D eigenvalue weighted by Gasteiger charge is 2.37. The summed E-state index contributed by atoms with van der Waals surface area (Å²) >= 11 is 0. The predicted molar refractivity (Wildman–Crippen MR) is 118 cm³/mol. The minimum Gasteiger partial charge on any atom is -0.395 e. The fraction of sp³-hybridized carbons (Fsp3) is 0.583. The van der Waals surface area contributed by atoms with Crippen LogP contribution in [0.4, 0.5) is 5.82 Å². The van der Waals surface area contributed by atoms with E-state index in [-0.39, 0.29) is 17.4 Å². The number of hydrogen-bond donors (Lipinski definition) is 1. The van der Waals surface area contributed by atoms with Crippen LogP contribution in [0.15, 0.2) is 30.5 Å². The van der Waals surface area contributed by atoms with E-state index in [1.807, 2.05) is 12.3 Å². The number of nitrogens with zero attached hydrogens (tertiary/aromatic N) is 4. The van der Waals surface area contributed by atoms with Crippen LogP contribution in [0.1, 0.15) is 51.7 Å². The molecule has 0 radical (unpaired) electrons. The van der Waals surface area contributed by atoms with Crippen molar-refractivity contribution < 1.29 is 5.11 Å². The molecular weight excluding hydrogens is 360 g/mol. The summed E-state index contributed by atoms with van der Waals surface area (Å²) in [5.41, 5.74) is 4.42. The van der Waals surface area contributed by atoms with E-state index >= 15 is 0 Å². The van der Waals surface area contributed by atoms with Crippen molar-refractivity contribution in [3.05, 3.63) is 41.6 Å². The SMILES string of the molecule is CC1(C)CCC(C)(C)c2cc(-c3nccc(N4CCN(CCO)CC4)n3)ccc21. The molecule has 0 amide bonds. The van der Waals surface area contributed by atoms with Gasteiger partial charge < -0.3 is 10.0 Å². The standard InChI is InChI=1S/C24H34N4O/c1-23(2)8-9-24(3,4)20-17-18(5-6-19(20)23)22-25-10-7-21(26-22)28-13-11-27(12-14-28)15-16-29/h5-7,10,17,29H,8-9,11-16H2,1-4H3. The molecule has 29 heavy (non-hydrogen) atoms. The molecule has 2 aliphatic rings. The number of aliphatic hydroxyl groups is 1. The van der Waals surface area contributed by atoms with Gasteiger partial charge in [-0.3, -0.25) is 4.90 Å². The summed E-state index contributed by atoms with van der Waals surface area (Å²) in [5, 5.41) is 9.14. The quantitative estimate of drug-likeness (QED) is 0.859. The fourth-order valence-corrected chi connectivity index (χ4v) is 4.73. The van der Waals surface area contributed by atoms with Crippen molar-refractivity contribution >= 4 is 5.82 Å². The van der Waals surface area contributed by atoms with E-state index in [1.165, 1.54) is 24.0 Å². The molecule has 0 unspecified atom stereocenters. The monoisotopic (exact) mass is 394 g/mol. The number of rotatable bonds is 4. The van der Waals surface area contributed by atoms with Gasteiger partial charge in [0.1, 0.15) is 5.82 Å². The van der Waals surface area contributed by atoms with Crippen LogP contribution in [0.5, 0.6) is 0 Å². The summed E-state index contributed by atoms with van der Waals surface area (Å²) in [6.45, 7) is 14.2. The summed E-state index contributed by atoms with van der Waals surface area (Å²) < 4.78 is 0. The molecule has 1 aliphatic heterocycles. The zero-order valence-corrected chi connectivity index (χ0v) is 18.3. The zero-order valence-electron chi connectivity index (χ0n) is 18.3. The summed E-state index contributed by atoms with van der Waals surface area (Å²) in [4.78, 5) is 14.1. The fourth-order valence-electron chi connectivity index (χ4n) is 4.73. The second-order valence-corrected chi connectivity index (χ2v) is 9.82. The van der Waals surface area contributed by atoms with Crippen LogP contribution >= 0.6 is 0 Å². The minimum atomic E-state index is 0.182. The largest absolute Gasteiger partial charge is 0.395 e. The topological polar surface area (TPSA) is 52.5 Å². The lowest BCUT2D eigenvalue weighted by molar-refractivity contribution is 0.188. The van der Waals surface area contributed by atoms with Crippen molar-refractivity contribution in [3.8, 4) is 11.4 Å². The van der Waals surface area contributed by atoms with Crippen molar-refractivity contribution in [2.75, 3.05) is 44.2 Å². The molecule has 0 atom stereocenters. The Morgan fingerprint density at radius 2 is 1.62 bits per heavy atom. The van der Waals surface area contributed by atoms with Crippen molar-refractivity contribution in [1.82, 2.24) is 14.9 Å². The third-order valence-corrected chi connectivity index (χ3v) is 6.86. The Morgan fingerprint density at radius 1 is 0.931 bits per heavy atom. The van der Waals surface area contributed by atoms with E-state index in [0.29, 0.717) is 0 Å². The first kappa shape index (κ1) is 20.3. The van der Waals surface area contributed by atoms with E-state index in [9.17, 15) is 0 Å². The normalized spacial score (nSPS) is 21.1. The Bertz CT molecular complexity index is 869. The number of anilines is 1. The first-order valence-electron chi connectivity index (χ1n) is 10.9. The van der Waals surface area contributed by atoms with Crippen LogP contribution in [0.3, 0.4) is 0 Å². The van der Waals surface area contributed by atoms with Crippen molar-refractivity contribution in [2.45, 2.75) is 51.4 Å². The van der Waals surface area contributed by atoms with Crippen LogP contribution in [0, 0.1) is 0 Å². The van der Waals surface area contributed by atoms with Gasteiger partial charge in [0.15, 0.2) is 5.82 Å². The smallest absolute Gasteiger partial charge is 0.161 e. The van der Waals surface area contributed by atoms with E-state index < -0.39 is 0 Å². The third-order valence-electron chi connectivity index (χ3n) is 6.86. The number of aromatic nitrogens is 2. The molecule has 0 saturated carbocycles. The number of benzene rings is 1. The summed E-state index contributed by atoms with van der Waals surface area (Å²) in [5.74, 6) is 1.80. The van der Waals surface area contributed by atoms with Gasteiger partial charge in [0.2, 0.25) is 0 Å².